The van der Waals surface area contributed by atoms with Gasteiger partial charge < -0.3 is 10.4 Å². The van der Waals surface area contributed by atoms with E-state index in [0.717, 1.165) is 33.4 Å². The number of anilines is 1. The van der Waals surface area contributed by atoms with E-state index in [1.807, 2.05) is 60.0 Å². The first-order valence-corrected chi connectivity index (χ1v) is 13.5. The first kappa shape index (κ1) is 24.9. The second kappa shape index (κ2) is 10.7. The summed E-state index contributed by atoms with van der Waals surface area (Å²) in [5, 5.41) is 15.3. The highest BCUT2D eigenvalue weighted by Gasteiger charge is 2.37. The first-order chi connectivity index (χ1) is 18.0. The first-order valence-electron chi connectivity index (χ1n) is 11.3. The molecule has 1 amide bonds. The fourth-order valence-electron chi connectivity index (χ4n) is 4.26. The molecule has 4 aromatic rings. The number of nitrogens with zero attached hydrogens (tertiary/aromatic N) is 2. The molecule has 5 rings (SSSR count). The molecular weight excluding hydrogens is 523 g/mol. The van der Waals surface area contributed by atoms with Crippen molar-refractivity contribution in [3.8, 4) is 0 Å². The summed E-state index contributed by atoms with van der Waals surface area (Å²) < 4.78 is 0.225. The van der Waals surface area contributed by atoms with Crippen molar-refractivity contribution in [3.05, 3.63) is 124 Å². The van der Waals surface area contributed by atoms with Gasteiger partial charge in [0.15, 0.2) is 5.13 Å². The van der Waals surface area contributed by atoms with E-state index in [0.29, 0.717) is 15.7 Å². The molecule has 0 spiro atoms. The third-order valence-electron chi connectivity index (χ3n) is 5.88. The van der Waals surface area contributed by atoms with Gasteiger partial charge >= 0.3 is 5.97 Å². The lowest BCUT2D eigenvalue weighted by molar-refractivity contribution is -0.140. The van der Waals surface area contributed by atoms with E-state index < -0.39 is 24.0 Å². The SMILES string of the molecule is O=C(O)CN1C(=O)C(=Cc2csc(NC(c3ccccc3)(c3ccccc3)c3ccccc3)n2)SC1=S. The Bertz CT molecular complexity index is 1370. The van der Waals surface area contributed by atoms with E-state index in [4.69, 9.17) is 22.3 Å². The molecule has 1 saturated heterocycles. The predicted molar refractivity (Wildman–Crippen MR) is 152 cm³/mol. The number of thiazole rings is 1. The van der Waals surface area contributed by atoms with Crippen molar-refractivity contribution in [1.29, 1.82) is 0 Å². The van der Waals surface area contributed by atoms with Crippen LogP contribution in [-0.4, -0.2) is 37.7 Å². The molecule has 2 N–H and O–H groups in total. The van der Waals surface area contributed by atoms with Gasteiger partial charge in [0.1, 0.15) is 16.4 Å². The number of aromatic nitrogens is 1. The molecule has 6 nitrogen and oxygen atoms in total. The molecule has 0 bridgehead atoms. The average molecular weight is 544 g/mol. The fraction of sp³-hybridized carbons (Fsp3) is 0.0714. The maximum absolute atomic E-state index is 12.7. The number of aliphatic carboxylic acids is 1. The van der Waals surface area contributed by atoms with Crippen molar-refractivity contribution in [1.82, 2.24) is 9.88 Å². The van der Waals surface area contributed by atoms with Gasteiger partial charge in [0.2, 0.25) is 0 Å². The minimum Gasteiger partial charge on any atom is -0.480 e. The van der Waals surface area contributed by atoms with Crippen LogP contribution in [0.25, 0.3) is 6.08 Å². The monoisotopic (exact) mass is 543 g/mol. The number of carbonyl (C=O) groups excluding carboxylic acids is 1. The van der Waals surface area contributed by atoms with Crippen LogP contribution in [-0.2, 0) is 15.1 Å². The summed E-state index contributed by atoms with van der Waals surface area (Å²) in [6, 6.07) is 30.6. The molecule has 37 heavy (non-hydrogen) atoms. The zero-order valence-corrected chi connectivity index (χ0v) is 21.9. The Hall–Kier alpha value is -3.79. The molecule has 0 atom stereocenters. The number of carboxylic acid groups (broad SMARTS) is 1. The second-order valence-electron chi connectivity index (χ2n) is 8.21. The number of carboxylic acids is 1. The Morgan fingerprint density at radius 3 is 1.95 bits per heavy atom. The number of rotatable bonds is 8. The molecule has 0 radical (unpaired) electrons. The molecule has 3 aromatic carbocycles. The maximum atomic E-state index is 12.7. The molecule has 184 valence electrons. The average Bonchev–Trinajstić information content (AvgIpc) is 3.47. The molecule has 0 aliphatic carbocycles. The van der Waals surface area contributed by atoms with Crippen LogP contribution in [0.5, 0.6) is 0 Å². The van der Waals surface area contributed by atoms with Crippen LogP contribution in [0.1, 0.15) is 22.4 Å². The molecule has 1 aromatic heterocycles. The molecule has 0 saturated carbocycles. The standard InChI is InChI=1S/C28H21N3O3S3/c32-24(33)17-31-25(34)23(37-27(31)35)16-22-18-36-26(29-22)30-28(19-10-4-1-5-11-19,20-12-6-2-7-13-20)21-14-8-3-9-15-21/h1-16,18H,17H2,(H,29,30)(H,32,33). The summed E-state index contributed by atoms with van der Waals surface area (Å²) in [6.45, 7) is -0.459. The second-order valence-corrected chi connectivity index (χ2v) is 10.7. The van der Waals surface area contributed by atoms with Crippen LogP contribution in [0.2, 0.25) is 0 Å². The number of amides is 1. The maximum Gasteiger partial charge on any atom is 0.323 e. The fourth-order valence-corrected chi connectivity index (χ4v) is 6.22. The molecule has 1 aliphatic rings. The lowest BCUT2D eigenvalue weighted by Crippen LogP contribution is -2.38. The third-order valence-corrected chi connectivity index (χ3v) is 8.04. The van der Waals surface area contributed by atoms with Gasteiger partial charge in [0, 0.05) is 5.38 Å². The van der Waals surface area contributed by atoms with Gasteiger partial charge in [-0.15, -0.1) is 11.3 Å². The van der Waals surface area contributed by atoms with Crippen molar-refractivity contribution in [2.45, 2.75) is 5.54 Å². The molecular formula is C28H21N3O3S3. The molecule has 1 fully saturated rings. The van der Waals surface area contributed by atoms with E-state index >= 15 is 0 Å². The Morgan fingerprint density at radius 1 is 0.946 bits per heavy atom. The summed E-state index contributed by atoms with van der Waals surface area (Å²) in [4.78, 5) is 30.0. The highest BCUT2D eigenvalue weighted by Crippen LogP contribution is 2.41. The van der Waals surface area contributed by atoms with E-state index in [-0.39, 0.29) is 4.32 Å². The van der Waals surface area contributed by atoms with Gasteiger partial charge in [0.05, 0.1) is 10.6 Å². The molecule has 0 unspecified atom stereocenters. The van der Waals surface area contributed by atoms with E-state index in [2.05, 4.69) is 41.7 Å². The number of benzene rings is 3. The number of thiocarbonyl (C=S) groups is 1. The van der Waals surface area contributed by atoms with E-state index in [1.54, 1.807) is 6.08 Å². The summed E-state index contributed by atoms with van der Waals surface area (Å²) in [7, 11) is 0. The largest absolute Gasteiger partial charge is 0.480 e. The van der Waals surface area contributed by atoms with E-state index in [9.17, 15) is 9.59 Å². The summed E-state index contributed by atoms with van der Waals surface area (Å²) in [6.07, 6.45) is 1.65. The molecule has 1 aliphatic heterocycles. The zero-order valence-electron chi connectivity index (χ0n) is 19.4. The quantitative estimate of drug-likeness (QED) is 0.164. The Morgan fingerprint density at radius 2 is 1.46 bits per heavy atom. The number of hydrogen-bond acceptors (Lipinski definition) is 7. The van der Waals surface area contributed by atoms with Crippen LogP contribution >= 0.6 is 35.3 Å². The lowest BCUT2D eigenvalue weighted by atomic mass is 9.77. The molecule has 9 heteroatoms. The number of thioether (sulfide) groups is 1. The Balaban J connectivity index is 1.55. The Labute approximate surface area is 227 Å². The van der Waals surface area contributed by atoms with Crippen molar-refractivity contribution in [3.63, 3.8) is 0 Å². The van der Waals surface area contributed by atoms with Crippen molar-refractivity contribution < 1.29 is 14.7 Å². The van der Waals surface area contributed by atoms with Gasteiger partial charge in [-0.05, 0) is 22.8 Å². The van der Waals surface area contributed by atoms with Crippen LogP contribution in [0.4, 0.5) is 5.13 Å². The van der Waals surface area contributed by atoms with Gasteiger partial charge in [-0.25, -0.2) is 4.98 Å². The van der Waals surface area contributed by atoms with Crippen LogP contribution in [0.3, 0.4) is 0 Å². The third kappa shape index (κ3) is 5.06. The van der Waals surface area contributed by atoms with Crippen molar-refractivity contribution in [2.24, 2.45) is 0 Å². The summed E-state index contributed by atoms with van der Waals surface area (Å²) in [5.74, 6) is -1.54. The minimum absolute atomic E-state index is 0.225. The topological polar surface area (TPSA) is 82.5 Å². The van der Waals surface area contributed by atoms with Crippen LogP contribution < -0.4 is 5.32 Å². The Kier molecular flexibility index (Phi) is 7.18. The normalized spacial score (nSPS) is 14.8. The minimum atomic E-state index is -1.11. The van der Waals surface area contributed by atoms with Gasteiger partial charge in [0.25, 0.3) is 5.91 Å². The number of carbonyl (C=O) groups is 2. The smallest absolute Gasteiger partial charge is 0.323 e. The van der Waals surface area contributed by atoms with Crippen molar-refractivity contribution >= 4 is 62.7 Å². The van der Waals surface area contributed by atoms with Gasteiger partial charge in [-0.2, -0.15) is 0 Å². The zero-order chi connectivity index (χ0) is 25.8. The molecule has 2 heterocycles. The summed E-state index contributed by atoms with van der Waals surface area (Å²) in [5.41, 5.74) is 3.03. The van der Waals surface area contributed by atoms with Crippen molar-refractivity contribution in [2.75, 3.05) is 11.9 Å². The van der Waals surface area contributed by atoms with Crippen LogP contribution in [0.15, 0.2) is 101 Å². The highest BCUT2D eigenvalue weighted by atomic mass is 32.2. The number of hydrogen-bond donors (Lipinski definition) is 2. The highest BCUT2D eigenvalue weighted by molar-refractivity contribution is 8.26. The summed E-state index contributed by atoms with van der Waals surface area (Å²) >= 11 is 7.71. The van der Waals surface area contributed by atoms with E-state index in [1.165, 1.54) is 11.3 Å². The lowest BCUT2D eigenvalue weighted by Gasteiger charge is -2.36. The van der Waals surface area contributed by atoms with Crippen LogP contribution in [0, 0.1) is 0 Å². The van der Waals surface area contributed by atoms with Gasteiger partial charge in [-0.3, -0.25) is 14.5 Å². The predicted octanol–water partition coefficient (Wildman–Crippen LogP) is 5.83. The van der Waals surface area contributed by atoms with Gasteiger partial charge in [-0.1, -0.05) is 115 Å². The number of nitrogens with one attached hydrogen (secondary N) is 1.